The van der Waals surface area contributed by atoms with Crippen LogP contribution in [0.15, 0.2) is 0 Å². The summed E-state index contributed by atoms with van der Waals surface area (Å²) in [5.41, 5.74) is -1.30. The van der Waals surface area contributed by atoms with Crippen molar-refractivity contribution in [1.82, 2.24) is 0 Å². The Morgan fingerprint density at radius 2 is 1.00 bits per heavy atom. The summed E-state index contributed by atoms with van der Waals surface area (Å²) in [5.74, 6) is -1.28. The van der Waals surface area contributed by atoms with E-state index in [0.717, 1.165) is 0 Å². The Kier molecular flexibility index (Phi) is 8.04. The second-order valence-corrected chi connectivity index (χ2v) is 6.81. The molecule has 2 atom stereocenters. The fourth-order valence-electron chi connectivity index (χ4n) is 1.68. The Balaban J connectivity index is 5.49. The molecule has 0 amide bonds. The van der Waals surface area contributed by atoms with Crippen molar-refractivity contribution in [1.29, 1.82) is 0 Å². The number of carbonyl (C=O) groups is 2. The van der Waals surface area contributed by atoms with Gasteiger partial charge in [0, 0.05) is 0 Å². The van der Waals surface area contributed by atoms with Gasteiger partial charge >= 0.3 is 11.9 Å². The summed E-state index contributed by atoms with van der Waals surface area (Å²) in [6.45, 7) is 14.5. The van der Waals surface area contributed by atoms with E-state index >= 15 is 0 Å². The summed E-state index contributed by atoms with van der Waals surface area (Å²) < 4.78 is 21.5. The van der Waals surface area contributed by atoms with Crippen molar-refractivity contribution in [2.75, 3.05) is 13.2 Å². The van der Waals surface area contributed by atoms with Gasteiger partial charge in [-0.15, -0.1) is 0 Å². The van der Waals surface area contributed by atoms with Crippen LogP contribution in [0.5, 0.6) is 0 Å². The normalized spacial score (nSPS) is 15.1. The molecule has 0 aromatic heterocycles. The van der Waals surface area contributed by atoms with Gasteiger partial charge in [-0.05, 0) is 55.4 Å². The van der Waals surface area contributed by atoms with Crippen LogP contribution in [0.1, 0.15) is 55.4 Å². The van der Waals surface area contributed by atoms with E-state index in [2.05, 4.69) is 0 Å². The predicted octanol–water partition coefficient (Wildman–Crippen LogP) is 2.48. The van der Waals surface area contributed by atoms with Crippen molar-refractivity contribution in [3.8, 4) is 0 Å². The predicted molar refractivity (Wildman–Crippen MR) is 82.5 cm³/mol. The van der Waals surface area contributed by atoms with E-state index in [9.17, 15) is 9.59 Å². The molecule has 0 fully saturated rings. The Morgan fingerprint density at radius 1 is 0.727 bits per heavy atom. The van der Waals surface area contributed by atoms with Gasteiger partial charge in [0.25, 0.3) is 0 Å². The van der Waals surface area contributed by atoms with Crippen LogP contribution in [0.25, 0.3) is 0 Å². The first-order valence-electron chi connectivity index (χ1n) is 7.60. The topological polar surface area (TPSA) is 71.1 Å². The molecule has 0 N–H and O–H groups in total. The maximum atomic E-state index is 12.2. The highest BCUT2D eigenvalue weighted by atomic mass is 16.6. The molecular weight excluding hydrogens is 288 g/mol. The average molecular weight is 318 g/mol. The molecule has 0 heterocycles. The van der Waals surface area contributed by atoms with Crippen LogP contribution in [0, 0.1) is 0 Å². The molecule has 0 spiro atoms. The Bertz CT molecular complexity index is 328. The minimum atomic E-state index is -1.18. The zero-order valence-corrected chi connectivity index (χ0v) is 15.0. The van der Waals surface area contributed by atoms with E-state index < -0.39 is 35.3 Å². The lowest BCUT2D eigenvalue weighted by Gasteiger charge is -2.33. The minimum absolute atomic E-state index is 0.188. The molecular formula is C16H30O6. The third-order valence-electron chi connectivity index (χ3n) is 2.27. The van der Waals surface area contributed by atoms with Crippen molar-refractivity contribution in [3.05, 3.63) is 0 Å². The van der Waals surface area contributed by atoms with Gasteiger partial charge in [-0.3, -0.25) is 0 Å². The molecule has 6 nitrogen and oxygen atoms in total. The van der Waals surface area contributed by atoms with Crippen LogP contribution in [-0.2, 0) is 28.5 Å². The Hall–Kier alpha value is -1.14. The summed E-state index contributed by atoms with van der Waals surface area (Å²) >= 11 is 0. The number of esters is 2. The van der Waals surface area contributed by atoms with Crippen LogP contribution in [0.2, 0.25) is 0 Å². The second-order valence-electron chi connectivity index (χ2n) is 6.81. The molecule has 0 bridgehead atoms. The van der Waals surface area contributed by atoms with Gasteiger partial charge in [-0.1, -0.05) is 0 Å². The zero-order chi connectivity index (χ0) is 17.6. The zero-order valence-electron chi connectivity index (χ0n) is 15.0. The third-order valence-corrected chi connectivity index (χ3v) is 2.27. The van der Waals surface area contributed by atoms with Crippen molar-refractivity contribution in [2.45, 2.75) is 78.8 Å². The lowest BCUT2D eigenvalue weighted by molar-refractivity contribution is -0.206. The monoisotopic (exact) mass is 318 g/mol. The molecule has 0 aliphatic carbocycles. The number of hydrogen-bond donors (Lipinski definition) is 0. The first-order valence-corrected chi connectivity index (χ1v) is 7.60. The fraction of sp³-hybridized carbons (Fsp3) is 0.875. The highest BCUT2D eigenvalue weighted by Gasteiger charge is 2.42. The molecule has 0 aliphatic heterocycles. The van der Waals surface area contributed by atoms with Crippen molar-refractivity contribution < 1.29 is 28.5 Å². The van der Waals surface area contributed by atoms with Crippen LogP contribution in [-0.4, -0.2) is 48.6 Å². The van der Waals surface area contributed by atoms with Crippen LogP contribution < -0.4 is 0 Å². The quantitative estimate of drug-likeness (QED) is 0.672. The van der Waals surface area contributed by atoms with Crippen LogP contribution in [0.3, 0.4) is 0 Å². The molecule has 130 valence electrons. The van der Waals surface area contributed by atoms with Gasteiger partial charge in [0.05, 0.1) is 24.4 Å². The number of rotatable bonds is 7. The first-order chi connectivity index (χ1) is 9.91. The van der Waals surface area contributed by atoms with Gasteiger partial charge in [0.2, 0.25) is 0 Å². The second kappa shape index (κ2) is 8.48. The van der Waals surface area contributed by atoms with E-state index in [4.69, 9.17) is 18.9 Å². The summed E-state index contributed by atoms with van der Waals surface area (Å²) in [7, 11) is 0. The average Bonchev–Trinajstić information content (AvgIpc) is 2.31. The van der Waals surface area contributed by atoms with Crippen molar-refractivity contribution in [3.63, 3.8) is 0 Å². The molecule has 6 heteroatoms. The minimum Gasteiger partial charge on any atom is -0.464 e. The lowest BCUT2D eigenvalue weighted by Crippen LogP contribution is -2.50. The fourth-order valence-corrected chi connectivity index (χ4v) is 1.68. The molecule has 0 saturated heterocycles. The molecule has 0 radical (unpaired) electrons. The van der Waals surface area contributed by atoms with E-state index in [1.165, 1.54) is 0 Å². The van der Waals surface area contributed by atoms with Gasteiger partial charge in [-0.25, -0.2) is 9.59 Å². The van der Waals surface area contributed by atoms with Gasteiger partial charge in [0.15, 0.2) is 12.2 Å². The number of hydrogen-bond acceptors (Lipinski definition) is 6. The van der Waals surface area contributed by atoms with Crippen molar-refractivity contribution in [2.24, 2.45) is 0 Å². The Labute approximate surface area is 133 Å². The SMILES string of the molecule is CCOC(=O)C(OC(C)(C)C)C(OC(C)(C)C)C(=O)OCC. The molecule has 22 heavy (non-hydrogen) atoms. The van der Waals surface area contributed by atoms with Crippen LogP contribution in [0.4, 0.5) is 0 Å². The molecule has 0 saturated carbocycles. The molecule has 0 aliphatic rings. The van der Waals surface area contributed by atoms with Gasteiger partial charge in [0.1, 0.15) is 0 Å². The highest BCUT2D eigenvalue weighted by Crippen LogP contribution is 2.22. The standard InChI is InChI=1S/C16H30O6/c1-9-19-13(17)11(21-15(3,4)5)12(14(18)20-10-2)22-16(6,7)8/h11-12H,9-10H2,1-8H3. The van der Waals surface area contributed by atoms with Gasteiger partial charge in [-0.2, -0.15) is 0 Å². The maximum Gasteiger partial charge on any atom is 0.338 e. The van der Waals surface area contributed by atoms with E-state index in [1.807, 2.05) is 0 Å². The van der Waals surface area contributed by atoms with E-state index in [-0.39, 0.29) is 13.2 Å². The smallest absolute Gasteiger partial charge is 0.338 e. The van der Waals surface area contributed by atoms with Crippen LogP contribution >= 0.6 is 0 Å². The molecule has 0 aromatic carbocycles. The Morgan fingerprint density at radius 3 is 1.18 bits per heavy atom. The van der Waals surface area contributed by atoms with E-state index in [1.54, 1.807) is 55.4 Å². The van der Waals surface area contributed by atoms with Crippen molar-refractivity contribution >= 4 is 11.9 Å². The largest absolute Gasteiger partial charge is 0.464 e. The van der Waals surface area contributed by atoms with Gasteiger partial charge < -0.3 is 18.9 Å². The summed E-state index contributed by atoms with van der Waals surface area (Å²) in [6.07, 6.45) is -2.36. The highest BCUT2D eigenvalue weighted by molar-refractivity contribution is 5.85. The maximum absolute atomic E-state index is 12.2. The van der Waals surface area contributed by atoms with E-state index in [0.29, 0.717) is 0 Å². The molecule has 0 aromatic rings. The molecule has 2 unspecified atom stereocenters. The molecule has 0 rings (SSSR count). The summed E-state index contributed by atoms with van der Waals surface area (Å²) in [6, 6.07) is 0. The lowest BCUT2D eigenvalue weighted by atomic mass is 10.1. The number of carbonyl (C=O) groups excluding carboxylic acids is 2. The third kappa shape index (κ3) is 8.34. The first kappa shape index (κ1) is 20.9. The summed E-state index contributed by atoms with van der Waals surface area (Å²) in [5, 5.41) is 0. The number of ether oxygens (including phenoxy) is 4. The summed E-state index contributed by atoms with van der Waals surface area (Å²) in [4.78, 5) is 24.4.